The van der Waals surface area contributed by atoms with E-state index in [2.05, 4.69) is 4.98 Å². The molecule has 0 bridgehead atoms. The zero-order chi connectivity index (χ0) is 14.2. The average Bonchev–Trinajstić information content (AvgIpc) is 2.82. The van der Waals surface area contributed by atoms with Gasteiger partial charge in [-0.25, -0.2) is 0 Å². The number of hydrogen-bond donors (Lipinski definition) is 1. The van der Waals surface area contributed by atoms with E-state index in [0.717, 1.165) is 23.0 Å². The van der Waals surface area contributed by atoms with Crippen LogP contribution in [0.4, 0.5) is 13.2 Å². The fraction of sp³-hybridized carbons (Fsp3) is 0.0667. The number of aromatic amines is 1. The van der Waals surface area contributed by atoms with Crippen molar-refractivity contribution >= 4 is 10.9 Å². The largest absolute Gasteiger partial charge is 0.455 e. The van der Waals surface area contributed by atoms with E-state index in [1.807, 2.05) is 24.3 Å². The molecule has 102 valence electrons. The summed E-state index contributed by atoms with van der Waals surface area (Å²) >= 11 is 0. The lowest BCUT2D eigenvalue weighted by Crippen LogP contribution is -2.03. The van der Waals surface area contributed by atoms with Crippen molar-refractivity contribution in [3.05, 3.63) is 60.3 Å². The molecule has 0 radical (unpaired) electrons. The molecule has 1 N–H and O–H groups in total. The summed E-state index contributed by atoms with van der Waals surface area (Å²) in [4.78, 5) is 3.04. The summed E-state index contributed by atoms with van der Waals surface area (Å²) in [6.07, 6.45) is -2.65. The summed E-state index contributed by atoms with van der Waals surface area (Å²) < 4.78 is 43.0. The van der Waals surface area contributed by atoms with Crippen molar-refractivity contribution in [2.45, 2.75) is 6.18 Å². The Morgan fingerprint density at radius 1 is 0.900 bits per heavy atom. The minimum atomic E-state index is -4.33. The Balaban J connectivity index is 1.88. The van der Waals surface area contributed by atoms with E-state index in [-0.39, 0.29) is 0 Å². The summed E-state index contributed by atoms with van der Waals surface area (Å²) in [7, 11) is 0. The van der Waals surface area contributed by atoms with E-state index >= 15 is 0 Å². The van der Waals surface area contributed by atoms with Crippen molar-refractivity contribution < 1.29 is 17.9 Å². The first-order valence-electron chi connectivity index (χ1n) is 5.95. The Labute approximate surface area is 112 Å². The lowest BCUT2D eigenvalue weighted by molar-refractivity contribution is -0.137. The Morgan fingerprint density at radius 3 is 2.30 bits per heavy atom. The summed E-state index contributed by atoms with van der Waals surface area (Å²) in [5, 5.41) is 0.882. The van der Waals surface area contributed by atoms with Crippen molar-refractivity contribution in [3.8, 4) is 11.5 Å². The summed E-state index contributed by atoms with van der Waals surface area (Å²) in [6.45, 7) is 0. The standard InChI is InChI=1S/C15H10F3NO/c16-15(17,18)10-5-7-11(8-6-10)20-14-9-19-13-4-2-1-3-12(13)14/h1-9,19H. The fourth-order valence-electron chi connectivity index (χ4n) is 1.97. The second-order valence-electron chi connectivity index (χ2n) is 4.32. The van der Waals surface area contributed by atoms with Crippen LogP contribution >= 0.6 is 0 Å². The topological polar surface area (TPSA) is 25.0 Å². The molecule has 0 amide bonds. The van der Waals surface area contributed by atoms with Gasteiger partial charge in [-0.3, -0.25) is 0 Å². The van der Waals surface area contributed by atoms with Crippen LogP contribution in [0.3, 0.4) is 0 Å². The highest BCUT2D eigenvalue weighted by molar-refractivity contribution is 5.86. The van der Waals surface area contributed by atoms with Crippen LogP contribution in [0.15, 0.2) is 54.7 Å². The van der Waals surface area contributed by atoms with E-state index in [1.54, 1.807) is 6.20 Å². The zero-order valence-corrected chi connectivity index (χ0v) is 10.2. The maximum absolute atomic E-state index is 12.5. The number of alkyl halides is 3. The molecule has 2 aromatic carbocycles. The molecule has 5 heteroatoms. The Morgan fingerprint density at radius 2 is 1.60 bits per heavy atom. The van der Waals surface area contributed by atoms with Gasteiger partial charge in [-0.2, -0.15) is 13.2 Å². The van der Waals surface area contributed by atoms with E-state index in [1.165, 1.54) is 12.1 Å². The molecule has 0 spiro atoms. The predicted molar refractivity (Wildman–Crippen MR) is 69.8 cm³/mol. The minimum absolute atomic E-state index is 0.364. The molecule has 1 heterocycles. The smallest absolute Gasteiger partial charge is 0.416 e. The molecular weight excluding hydrogens is 267 g/mol. The van der Waals surface area contributed by atoms with Gasteiger partial charge in [0.15, 0.2) is 5.75 Å². The maximum Gasteiger partial charge on any atom is 0.416 e. The first-order chi connectivity index (χ1) is 9.54. The number of halogens is 3. The van der Waals surface area contributed by atoms with Gasteiger partial charge in [0.25, 0.3) is 0 Å². The number of aromatic nitrogens is 1. The van der Waals surface area contributed by atoms with Gasteiger partial charge < -0.3 is 9.72 Å². The normalized spacial score (nSPS) is 11.8. The van der Waals surface area contributed by atoms with Gasteiger partial charge in [0.1, 0.15) is 5.75 Å². The van der Waals surface area contributed by atoms with Gasteiger partial charge in [0.05, 0.1) is 5.56 Å². The number of benzene rings is 2. The third kappa shape index (κ3) is 2.34. The molecule has 0 saturated heterocycles. The molecule has 0 aliphatic rings. The van der Waals surface area contributed by atoms with Crippen LogP contribution in [0, 0.1) is 0 Å². The van der Waals surface area contributed by atoms with Gasteiger partial charge in [0, 0.05) is 17.1 Å². The van der Waals surface area contributed by atoms with Crippen LogP contribution in [0.25, 0.3) is 10.9 Å². The van der Waals surface area contributed by atoms with Crippen LogP contribution in [-0.4, -0.2) is 4.98 Å². The van der Waals surface area contributed by atoms with E-state index in [4.69, 9.17) is 4.74 Å². The van der Waals surface area contributed by atoms with Crippen LogP contribution in [-0.2, 0) is 6.18 Å². The number of nitrogens with one attached hydrogen (secondary N) is 1. The van der Waals surface area contributed by atoms with Gasteiger partial charge in [-0.1, -0.05) is 12.1 Å². The molecule has 0 aliphatic heterocycles. The van der Waals surface area contributed by atoms with Gasteiger partial charge in [-0.15, -0.1) is 0 Å². The molecule has 0 fully saturated rings. The first-order valence-corrected chi connectivity index (χ1v) is 5.95. The zero-order valence-electron chi connectivity index (χ0n) is 10.2. The molecule has 0 aliphatic carbocycles. The quantitative estimate of drug-likeness (QED) is 0.702. The van der Waals surface area contributed by atoms with Crippen LogP contribution in [0.5, 0.6) is 11.5 Å². The van der Waals surface area contributed by atoms with Crippen LogP contribution in [0.1, 0.15) is 5.56 Å². The summed E-state index contributed by atoms with van der Waals surface area (Å²) in [6, 6.07) is 12.2. The highest BCUT2D eigenvalue weighted by Gasteiger charge is 2.30. The SMILES string of the molecule is FC(F)(F)c1ccc(Oc2c[nH]c3ccccc23)cc1. The average molecular weight is 277 g/mol. The van der Waals surface area contributed by atoms with Crippen LogP contribution in [0.2, 0.25) is 0 Å². The van der Waals surface area contributed by atoms with Crippen LogP contribution < -0.4 is 4.74 Å². The molecule has 20 heavy (non-hydrogen) atoms. The number of fused-ring (bicyclic) bond motifs is 1. The second kappa shape index (κ2) is 4.59. The maximum atomic E-state index is 12.5. The van der Waals surface area contributed by atoms with Gasteiger partial charge >= 0.3 is 6.18 Å². The molecule has 1 aromatic heterocycles. The van der Waals surface area contributed by atoms with Crippen molar-refractivity contribution in [2.24, 2.45) is 0 Å². The molecule has 0 atom stereocenters. The Bertz CT molecular complexity index is 729. The fourth-order valence-corrected chi connectivity index (χ4v) is 1.97. The number of ether oxygens (including phenoxy) is 1. The Hall–Kier alpha value is -2.43. The third-order valence-electron chi connectivity index (χ3n) is 2.96. The third-order valence-corrected chi connectivity index (χ3v) is 2.96. The van der Waals surface area contributed by atoms with Gasteiger partial charge in [0.2, 0.25) is 0 Å². The molecule has 0 saturated carbocycles. The molecule has 3 aromatic rings. The van der Waals surface area contributed by atoms with E-state index in [0.29, 0.717) is 11.5 Å². The Kier molecular flexibility index (Phi) is 2.89. The number of para-hydroxylation sites is 1. The molecule has 0 unspecified atom stereocenters. The molecular formula is C15H10F3NO. The number of hydrogen-bond acceptors (Lipinski definition) is 1. The van der Waals surface area contributed by atoms with E-state index < -0.39 is 11.7 Å². The highest BCUT2D eigenvalue weighted by Crippen LogP contribution is 2.33. The monoisotopic (exact) mass is 277 g/mol. The molecule has 2 nitrogen and oxygen atoms in total. The van der Waals surface area contributed by atoms with Gasteiger partial charge in [-0.05, 0) is 36.4 Å². The predicted octanol–water partition coefficient (Wildman–Crippen LogP) is 4.98. The van der Waals surface area contributed by atoms with Crippen molar-refractivity contribution in [3.63, 3.8) is 0 Å². The molecule has 3 rings (SSSR count). The number of H-pyrrole nitrogens is 1. The lowest BCUT2D eigenvalue weighted by Gasteiger charge is -2.08. The minimum Gasteiger partial charge on any atom is -0.455 e. The first kappa shape index (κ1) is 12.6. The summed E-state index contributed by atoms with van der Waals surface area (Å²) in [5.74, 6) is 0.947. The second-order valence-corrected chi connectivity index (χ2v) is 4.32. The van der Waals surface area contributed by atoms with Crippen molar-refractivity contribution in [1.82, 2.24) is 4.98 Å². The summed E-state index contributed by atoms with van der Waals surface area (Å²) in [5.41, 5.74) is 0.221. The number of rotatable bonds is 2. The van der Waals surface area contributed by atoms with Crippen molar-refractivity contribution in [2.75, 3.05) is 0 Å². The van der Waals surface area contributed by atoms with E-state index in [9.17, 15) is 13.2 Å². The highest BCUT2D eigenvalue weighted by atomic mass is 19.4. The van der Waals surface area contributed by atoms with Crippen molar-refractivity contribution in [1.29, 1.82) is 0 Å². The lowest BCUT2D eigenvalue weighted by atomic mass is 10.2.